The van der Waals surface area contributed by atoms with Crippen LogP contribution >= 0.6 is 0 Å². The number of carbonyl (C=O) groups excluding carboxylic acids is 1. The number of hydrogen-bond acceptors (Lipinski definition) is 4. The molecule has 0 aliphatic heterocycles. The first-order valence-corrected chi connectivity index (χ1v) is 6.57. The fraction of sp³-hybridized carbons (Fsp3) is 0.500. The van der Waals surface area contributed by atoms with Crippen LogP contribution in [-0.4, -0.2) is 44.2 Å². The number of esters is 1. The molecule has 1 aromatic rings. The molecule has 0 bridgehead atoms. The second kappa shape index (κ2) is 7.79. The minimum absolute atomic E-state index is 0.0438. The fourth-order valence-electron chi connectivity index (χ4n) is 1.84. The van der Waals surface area contributed by atoms with Crippen molar-refractivity contribution in [3.63, 3.8) is 0 Å². The Kier molecular flexibility index (Phi) is 6.38. The highest BCUT2D eigenvalue weighted by atomic mass is 19.2. The number of ether oxygens (including phenoxy) is 1. The normalized spacial score (nSPS) is 10.7. The molecule has 0 radical (unpaired) electrons. The van der Waals surface area contributed by atoms with Crippen LogP contribution in [0.2, 0.25) is 0 Å². The predicted molar refractivity (Wildman–Crippen MR) is 74.0 cm³/mol. The van der Waals surface area contributed by atoms with Crippen molar-refractivity contribution in [2.24, 2.45) is 0 Å². The molecule has 0 aromatic heterocycles. The van der Waals surface area contributed by atoms with Crippen molar-refractivity contribution in [2.75, 3.05) is 38.6 Å². The molecular weight excluding hydrogens is 266 g/mol. The number of methoxy groups -OCH3 is 1. The number of nitrogens with zero attached hydrogens (tertiary/aromatic N) is 1. The molecule has 0 aliphatic carbocycles. The molecule has 1 N–H and O–H groups in total. The summed E-state index contributed by atoms with van der Waals surface area (Å²) in [4.78, 5) is 13.4. The lowest BCUT2D eigenvalue weighted by molar-refractivity contribution is 0.0594. The van der Waals surface area contributed by atoms with Gasteiger partial charge in [-0.3, -0.25) is 0 Å². The van der Waals surface area contributed by atoms with Crippen LogP contribution < -0.4 is 5.32 Å². The molecular formula is C14H20F2N2O2. The van der Waals surface area contributed by atoms with Gasteiger partial charge >= 0.3 is 5.97 Å². The van der Waals surface area contributed by atoms with Crippen molar-refractivity contribution in [1.82, 2.24) is 4.90 Å². The second-order valence-electron chi connectivity index (χ2n) is 4.23. The lowest BCUT2D eigenvalue weighted by atomic mass is 10.2. The number of anilines is 1. The van der Waals surface area contributed by atoms with E-state index in [9.17, 15) is 13.6 Å². The van der Waals surface area contributed by atoms with E-state index in [1.165, 1.54) is 12.1 Å². The van der Waals surface area contributed by atoms with Gasteiger partial charge < -0.3 is 15.0 Å². The van der Waals surface area contributed by atoms with Crippen molar-refractivity contribution < 1.29 is 18.3 Å². The lowest BCUT2D eigenvalue weighted by Crippen LogP contribution is -2.28. The fourth-order valence-corrected chi connectivity index (χ4v) is 1.84. The molecule has 112 valence electrons. The van der Waals surface area contributed by atoms with Crippen molar-refractivity contribution in [3.8, 4) is 0 Å². The summed E-state index contributed by atoms with van der Waals surface area (Å²) in [5.74, 6) is -3.15. The average molecular weight is 286 g/mol. The highest BCUT2D eigenvalue weighted by Crippen LogP contribution is 2.21. The van der Waals surface area contributed by atoms with Gasteiger partial charge in [-0.05, 0) is 25.2 Å². The third-order valence-corrected chi connectivity index (χ3v) is 3.13. The first-order valence-electron chi connectivity index (χ1n) is 6.57. The lowest BCUT2D eigenvalue weighted by Gasteiger charge is -2.18. The molecule has 0 saturated heterocycles. The Balaban J connectivity index is 2.73. The Hall–Kier alpha value is -1.69. The first kappa shape index (κ1) is 16.4. The van der Waals surface area contributed by atoms with Crippen LogP contribution in [0.15, 0.2) is 12.1 Å². The topological polar surface area (TPSA) is 41.6 Å². The van der Waals surface area contributed by atoms with Crippen LogP contribution in [-0.2, 0) is 4.74 Å². The Labute approximate surface area is 117 Å². The van der Waals surface area contributed by atoms with E-state index in [4.69, 9.17) is 0 Å². The third-order valence-electron chi connectivity index (χ3n) is 3.13. The molecule has 0 unspecified atom stereocenters. The van der Waals surface area contributed by atoms with E-state index in [0.717, 1.165) is 26.7 Å². The Morgan fingerprint density at radius 3 is 2.45 bits per heavy atom. The number of carbonyl (C=O) groups is 1. The molecule has 0 heterocycles. The summed E-state index contributed by atoms with van der Waals surface area (Å²) >= 11 is 0. The molecule has 0 saturated carbocycles. The van der Waals surface area contributed by atoms with Crippen LogP contribution in [0, 0.1) is 11.6 Å². The molecule has 20 heavy (non-hydrogen) atoms. The largest absolute Gasteiger partial charge is 0.465 e. The molecule has 1 aromatic carbocycles. The SMILES string of the molecule is CCN(CC)CCNc1ccc(C(=O)OC)c(F)c1F. The number of nitrogens with one attached hydrogen (secondary N) is 1. The summed E-state index contributed by atoms with van der Waals surface area (Å²) in [6.45, 7) is 7.10. The minimum atomic E-state index is -1.19. The Morgan fingerprint density at radius 2 is 1.90 bits per heavy atom. The van der Waals surface area contributed by atoms with E-state index in [0.29, 0.717) is 6.54 Å². The molecule has 1 rings (SSSR count). The van der Waals surface area contributed by atoms with E-state index < -0.39 is 23.2 Å². The third kappa shape index (κ3) is 3.90. The number of likely N-dealkylation sites (N-methyl/N-ethyl adjacent to an activating group) is 1. The maximum absolute atomic E-state index is 13.8. The standard InChI is InChI=1S/C14H20F2N2O2/c1-4-18(5-2)9-8-17-11-7-6-10(14(19)20-3)12(15)13(11)16/h6-7,17H,4-5,8-9H2,1-3H3. The van der Waals surface area contributed by atoms with Gasteiger partial charge in [-0.1, -0.05) is 13.8 Å². The van der Waals surface area contributed by atoms with Gasteiger partial charge in [0.15, 0.2) is 11.6 Å². The maximum Gasteiger partial charge on any atom is 0.340 e. The molecule has 6 heteroatoms. The molecule has 0 spiro atoms. The molecule has 0 fully saturated rings. The first-order chi connectivity index (χ1) is 9.54. The van der Waals surface area contributed by atoms with Crippen molar-refractivity contribution in [1.29, 1.82) is 0 Å². The van der Waals surface area contributed by atoms with Crippen LogP contribution in [0.1, 0.15) is 24.2 Å². The summed E-state index contributed by atoms with van der Waals surface area (Å²) < 4.78 is 31.9. The van der Waals surface area contributed by atoms with Crippen molar-refractivity contribution in [2.45, 2.75) is 13.8 Å². The zero-order valence-electron chi connectivity index (χ0n) is 12.0. The van der Waals surface area contributed by atoms with Gasteiger partial charge in [-0.2, -0.15) is 0 Å². The average Bonchev–Trinajstić information content (AvgIpc) is 2.47. The molecule has 4 nitrogen and oxygen atoms in total. The molecule has 0 atom stereocenters. The number of halogens is 2. The molecule has 0 amide bonds. The van der Waals surface area contributed by atoms with Gasteiger partial charge in [-0.25, -0.2) is 13.6 Å². The predicted octanol–water partition coefficient (Wildman–Crippen LogP) is 2.51. The second-order valence-corrected chi connectivity index (χ2v) is 4.23. The van der Waals surface area contributed by atoms with Gasteiger partial charge in [-0.15, -0.1) is 0 Å². The van der Waals surface area contributed by atoms with Crippen molar-refractivity contribution in [3.05, 3.63) is 29.3 Å². The Morgan fingerprint density at radius 1 is 1.25 bits per heavy atom. The van der Waals surface area contributed by atoms with Crippen molar-refractivity contribution >= 4 is 11.7 Å². The van der Waals surface area contributed by atoms with E-state index in [2.05, 4.69) is 15.0 Å². The van der Waals surface area contributed by atoms with Crippen LogP contribution in [0.25, 0.3) is 0 Å². The smallest absolute Gasteiger partial charge is 0.340 e. The number of benzene rings is 1. The quantitative estimate of drug-likeness (QED) is 0.782. The Bertz CT molecular complexity index is 463. The van der Waals surface area contributed by atoms with E-state index in [-0.39, 0.29) is 5.69 Å². The van der Waals surface area contributed by atoms with E-state index in [1.807, 2.05) is 13.8 Å². The highest BCUT2D eigenvalue weighted by Gasteiger charge is 2.18. The summed E-state index contributed by atoms with van der Waals surface area (Å²) in [6, 6.07) is 2.55. The highest BCUT2D eigenvalue weighted by molar-refractivity contribution is 5.90. The zero-order chi connectivity index (χ0) is 15.1. The van der Waals surface area contributed by atoms with Gasteiger partial charge in [0.2, 0.25) is 0 Å². The zero-order valence-corrected chi connectivity index (χ0v) is 12.0. The minimum Gasteiger partial charge on any atom is -0.465 e. The monoisotopic (exact) mass is 286 g/mol. The van der Waals surface area contributed by atoms with E-state index in [1.54, 1.807) is 0 Å². The summed E-state index contributed by atoms with van der Waals surface area (Å²) in [5.41, 5.74) is -0.360. The van der Waals surface area contributed by atoms with Crippen LogP contribution in [0.5, 0.6) is 0 Å². The van der Waals surface area contributed by atoms with E-state index >= 15 is 0 Å². The summed E-state index contributed by atoms with van der Waals surface area (Å²) in [7, 11) is 1.12. The number of hydrogen-bond donors (Lipinski definition) is 1. The van der Waals surface area contributed by atoms with Gasteiger partial charge in [0.1, 0.15) is 0 Å². The summed E-state index contributed by atoms with van der Waals surface area (Å²) in [5, 5.41) is 2.83. The van der Waals surface area contributed by atoms with Gasteiger partial charge in [0.25, 0.3) is 0 Å². The van der Waals surface area contributed by atoms with Gasteiger partial charge in [0, 0.05) is 13.1 Å². The number of rotatable bonds is 7. The molecule has 0 aliphatic rings. The van der Waals surface area contributed by atoms with Crippen LogP contribution in [0.4, 0.5) is 14.5 Å². The van der Waals surface area contributed by atoms with Crippen LogP contribution in [0.3, 0.4) is 0 Å². The maximum atomic E-state index is 13.8. The van der Waals surface area contributed by atoms with Gasteiger partial charge in [0.05, 0.1) is 18.4 Å². The summed E-state index contributed by atoms with van der Waals surface area (Å²) in [6.07, 6.45) is 0.